The lowest BCUT2D eigenvalue weighted by Gasteiger charge is -2.13. The van der Waals surface area contributed by atoms with Gasteiger partial charge in [-0.2, -0.15) is 8.42 Å². The third-order valence-corrected chi connectivity index (χ3v) is 6.02. The molecular formula is C19H20N2O6S. The van der Waals surface area contributed by atoms with Crippen LogP contribution in [0.15, 0.2) is 44.7 Å². The molecule has 0 unspecified atom stereocenters. The fraction of sp³-hybridized carbons (Fsp3) is 0.316. The number of benzene rings is 1. The Morgan fingerprint density at radius 2 is 2.00 bits per heavy atom. The van der Waals surface area contributed by atoms with E-state index in [4.69, 9.17) is 8.83 Å². The van der Waals surface area contributed by atoms with Crippen molar-refractivity contribution in [3.8, 4) is 0 Å². The van der Waals surface area contributed by atoms with Crippen LogP contribution in [-0.2, 0) is 28.5 Å². The summed E-state index contributed by atoms with van der Waals surface area (Å²) in [6.45, 7) is 3.00. The zero-order valence-corrected chi connectivity index (χ0v) is 16.2. The first-order chi connectivity index (χ1) is 13.1. The maximum absolute atomic E-state index is 12.4. The number of anilines is 1. The number of carbonyl (C=O) groups is 1. The summed E-state index contributed by atoms with van der Waals surface area (Å²) in [6.07, 6.45) is 5.31. The Bertz CT molecular complexity index is 1170. The van der Waals surface area contributed by atoms with Crippen molar-refractivity contribution in [3.05, 3.63) is 47.4 Å². The molecule has 0 spiro atoms. The standard InChI is InChI=1S/C19H20N2O6S/c1-19(2,23)13-9-15(27-10-13)28(24,25)21-18(22)20-16-14-5-3-4-11(14)8-12-6-7-26-17(12)16/h6-10,23H,3-5H2,1-2H3,(H2,20,21,22). The van der Waals surface area contributed by atoms with Gasteiger partial charge in [-0.05, 0) is 56.4 Å². The minimum absolute atomic E-state index is 0.284. The summed E-state index contributed by atoms with van der Waals surface area (Å²) in [4.78, 5) is 12.4. The number of urea groups is 1. The van der Waals surface area contributed by atoms with Gasteiger partial charge in [0.2, 0.25) is 5.09 Å². The summed E-state index contributed by atoms with van der Waals surface area (Å²) in [6, 6.07) is 4.09. The van der Waals surface area contributed by atoms with Crippen LogP contribution >= 0.6 is 0 Å². The molecular weight excluding hydrogens is 384 g/mol. The van der Waals surface area contributed by atoms with Crippen molar-refractivity contribution >= 4 is 32.7 Å². The molecule has 2 heterocycles. The molecule has 9 heteroatoms. The Hall–Kier alpha value is -2.78. The van der Waals surface area contributed by atoms with Gasteiger partial charge in [-0.25, -0.2) is 9.52 Å². The van der Waals surface area contributed by atoms with Gasteiger partial charge in [0.15, 0.2) is 5.58 Å². The van der Waals surface area contributed by atoms with Gasteiger partial charge in [0.1, 0.15) is 0 Å². The number of sulfonamides is 1. The van der Waals surface area contributed by atoms with Crippen LogP contribution in [-0.4, -0.2) is 19.6 Å². The largest absolute Gasteiger partial charge is 0.462 e. The van der Waals surface area contributed by atoms with Crippen LogP contribution in [0.1, 0.15) is 37.0 Å². The smallest absolute Gasteiger partial charge is 0.333 e. The van der Waals surface area contributed by atoms with Gasteiger partial charge >= 0.3 is 6.03 Å². The predicted octanol–water partition coefficient (Wildman–Crippen LogP) is 3.25. The van der Waals surface area contributed by atoms with E-state index in [1.54, 1.807) is 6.07 Å². The average Bonchev–Trinajstić information content (AvgIpc) is 3.33. The molecule has 28 heavy (non-hydrogen) atoms. The van der Waals surface area contributed by atoms with Crippen LogP contribution in [0.2, 0.25) is 0 Å². The summed E-state index contributed by atoms with van der Waals surface area (Å²) in [7, 11) is -4.24. The number of rotatable bonds is 4. The first-order valence-electron chi connectivity index (χ1n) is 8.82. The summed E-state index contributed by atoms with van der Waals surface area (Å²) < 4.78 is 37.4. The minimum atomic E-state index is -4.24. The van der Waals surface area contributed by atoms with Crippen molar-refractivity contribution in [1.29, 1.82) is 0 Å². The second-order valence-electron chi connectivity index (χ2n) is 7.35. The molecule has 2 amide bonds. The molecule has 1 aliphatic carbocycles. The number of fused-ring (bicyclic) bond motifs is 2. The normalized spacial score (nSPS) is 14.2. The zero-order valence-electron chi connectivity index (χ0n) is 15.4. The zero-order chi connectivity index (χ0) is 20.1. The lowest BCUT2D eigenvalue weighted by atomic mass is 10.0. The van der Waals surface area contributed by atoms with Crippen molar-refractivity contribution in [2.75, 3.05) is 5.32 Å². The van der Waals surface area contributed by atoms with Crippen molar-refractivity contribution < 1.29 is 27.2 Å². The van der Waals surface area contributed by atoms with E-state index in [1.807, 2.05) is 10.8 Å². The SMILES string of the molecule is CC(C)(O)c1coc(S(=O)(=O)NC(=O)Nc2c3c(cc4ccoc24)CCC3)c1. The molecule has 0 radical (unpaired) electrons. The van der Waals surface area contributed by atoms with Crippen LogP contribution in [0.25, 0.3) is 11.0 Å². The third-order valence-electron chi connectivity index (χ3n) is 4.83. The van der Waals surface area contributed by atoms with Crippen LogP contribution in [0.3, 0.4) is 0 Å². The number of aryl methyl sites for hydroxylation is 1. The topological polar surface area (TPSA) is 122 Å². The van der Waals surface area contributed by atoms with Gasteiger partial charge in [-0.3, -0.25) is 0 Å². The third kappa shape index (κ3) is 3.27. The molecule has 8 nitrogen and oxygen atoms in total. The Balaban J connectivity index is 1.59. The number of aliphatic hydroxyl groups is 1. The molecule has 0 saturated heterocycles. The lowest BCUT2D eigenvalue weighted by molar-refractivity contribution is 0.0779. The molecule has 148 valence electrons. The van der Waals surface area contributed by atoms with Gasteiger partial charge in [-0.1, -0.05) is 0 Å². The fourth-order valence-corrected chi connectivity index (χ4v) is 4.25. The van der Waals surface area contributed by atoms with E-state index >= 15 is 0 Å². The van der Waals surface area contributed by atoms with Gasteiger partial charge in [0.25, 0.3) is 10.0 Å². The van der Waals surface area contributed by atoms with E-state index < -0.39 is 26.7 Å². The number of nitrogens with one attached hydrogen (secondary N) is 2. The van der Waals surface area contributed by atoms with E-state index in [1.165, 1.54) is 26.2 Å². The molecule has 0 fully saturated rings. The molecule has 0 aliphatic heterocycles. The molecule has 4 rings (SSSR count). The summed E-state index contributed by atoms with van der Waals surface area (Å²) in [5.41, 5.74) is 2.08. The van der Waals surface area contributed by atoms with E-state index in [9.17, 15) is 18.3 Å². The van der Waals surface area contributed by atoms with Gasteiger partial charge in [0, 0.05) is 17.0 Å². The summed E-state index contributed by atoms with van der Waals surface area (Å²) >= 11 is 0. The summed E-state index contributed by atoms with van der Waals surface area (Å²) in [5, 5.41) is 13.0. The van der Waals surface area contributed by atoms with Crippen molar-refractivity contribution in [2.24, 2.45) is 0 Å². The Morgan fingerprint density at radius 1 is 1.21 bits per heavy atom. The highest BCUT2D eigenvalue weighted by atomic mass is 32.2. The second-order valence-corrected chi connectivity index (χ2v) is 8.97. The summed E-state index contributed by atoms with van der Waals surface area (Å²) in [5.74, 6) is 0. The van der Waals surface area contributed by atoms with Crippen LogP contribution in [0.5, 0.6) is 0 Å². The van der Waals surface area contributed by atoms with Crippen LogP contribution in [0, 0.1) is 0 Å². The Labute approximate surface area is 161 Å². The second kappa shape index (κ2) is 6.39. The van der Waals surface area contributed by atoms with E-state index in [2.05, 4.69) is 5.32 Å². The highest BCUT2D eigenvalue weighted by Crippen LogP contribution is 2.36. The van der Waals surface area contributed by atoms with E-state index in [0.717, 1.165) is 42.0 Å². The van der Waals surface area contributed by atoms with Crippen molar-refractivity contribution in [3.63, 3.8) is 0 Å². The molecule has 0 atom stereocenters. The number of hydrogen-bond acceptors (Lipinski definition) is 6. The fourth-order valence-electron chi connectivity index (χ4n) is 3.39. The Morgan fingerprint density at radius 3 is 2.71 bits per heavy atom. The highest BCUT2D eigenvalue weighted by Gasteiger charge is 2.27. The quantitative estimate of drug-likeness (QED) is 0.614. The van der Waals surface area contributed by atoms with Gasteiger partial charge < -0.3 is 19.3 Å². The molecule has 1 aliphatic rings. The van der Waals surface area contributed by atoms with Crippen LogP contribution < -0.4 is 10.0 Å². The number of amides is 2. The lowest BCUT2D eigenvalue weighted by Crippen LogP contribution is -2.34. The molecule has 1 aromatic carbocycles. The van der Waals surface area contributed by atoms with Crippen LogP contribution in [0.4, 0.5) is 10.5 Å². The highest BCUT2D eigenvalue weighted by molar-refractivity contribution is 7.89. The average molecular weight is 404 g/mol. The van der Waals surface area contributed by atoms with Gasteiger partial charge in [0.05, 0.1) is 23.8 Å². The van der Waals surface area contributed by atoms with Crippen molar-refractivity contribution in [1.82, 2.24) is 4.72 Å². The first kappa shape index (κ1) is 18.6. The minimum Gasteiger partial charge on any atom is -0.462 e. The molecule has 3 N–H and O–H groups in total. The number of furan rings is 2. The predicted molar refractivity (Wildman–Crippen MR) is 102 cm³/mol. The van der Waals surface area contributed by atoms with Crippen molar-refractivity contribution in [2.45, 2.75) is 43.8 Å². The first-order valence-corrected chi connectivity index (χ1v) is 10.3. The van der Waals surface area contributed by atoms with E-state index in [0.29, 0.717) is 11.3 Å². The van der Waals surface area contributed by atoms with E-state index in [-0.39, 0.29) is 5.56 Å². The number of hydrogen-bond donors (Lipinski definition) is 3. The molecule has 3 aromatic rings. The maximum Gasteiger partial charge on any atom is 0.333 e. The molecule has 0 bridgehead atoms. The van der Waals surface area contributed by atoms with Gasteiger partial charge in [-0.15, -0.1) is 0 Å². The molecule has 0 saturated carbocycles. The molecule has 2 aromatic heterocycles. The monoisotopic (exact) mass is 404 g/mol. The number of carbonyl (C=O) groups excluding carboxylic acids is 1. The Kier molecular flexibility index (Phi) is 4.24. The maximum atomic E-state index is 12.4.